The summed E-state index contributed by atoms with van der Waals surface area (Å²) in [6.07, 6.45) is 5.53. The van der Waals surface area contributed by atoms with Crippen LogP contribution >= 0.6 is 0 Å². The van der Waals surface area contributed by atoms with Gasteiger partial charge in [0.1, 0.15) is 48.0 Å². The Kier molecular flexibility index (Phi) is 16.9. The van der Waals surface area contributed by atoms with Crippen LogP contribution in [0.1, 0.15) is 63.2 Å². The number of ether oxygens (including phenoxy) is 2. The second kappa shape index (κ2) is 21.2. The Bertz CT molecular complexity index is 1960. The minimum absolute atomic E-state index is 0.0978. The molecule has 4 aromatic rings. The number of nitrogens with one attached hydrogen (secondary N) is 2. The third kappa shape index (κ3) is 12.1. The predicted octanol–water partition coefficient (Wildman–Crippen LogP) is 5.25. The average molecular weight is 782 g/mol. The molecule has 0 spiro atoms. The van der Waals surface area contributed by atoms with Crippen molar-refractivity contribution in [2.75, 3.05) is 48.1 Å². The number of nitrogens with zero attached hydrogens (tertiary/aromatic N) is 5. The number of piperidine rings is 1. The molecule has 3 unspecified atom stereocenters. The normalized spacial score (nSPS) is 15.3. The smallest absolute Gasteiger partial charge is 0.343 e. The lowest BCUT2D eigenvalue weighted by Crippen LogP contribution is -2.25. The van der Waals surface area contributed by atoms with Crippen molar-refractivity contribution in [2.24, 2.45) is 11.8 Å². The van der Waals surface area contributed by atoms with Crippen molar-refractivity contribution in [3.8, 4) is 0 Å². The molecule has 14 nitrogen and oxygen atoms in total. The summed E-state index contributed by atoms with van der Waals surface area (Å²) in [7, 11) is -1.39. The van der Waals surface area contributed by atoms with E-state index in [9.17, 15) is 22.6 Å². The van der Waals surface area contributed by atoms with Gasteiger partial charge >= 0.3 is 11.9 Å². The summed E-state index contributed by atoms with van der Waals surface area (Å²) in [5.41, 5.74) is 3.04. The van der Waals surface area contributed by atoms with E-state index in [2.05, 4.69) is 35.5 Å². The van der Waals surface area contributed by atoms with Crippen LogP contribution < -0.4 is 15.5 Å². The quantitative estimate of drug-likeness (QED) is 0.140. The Balaban J connectivity index is 0.000000273. The molecule has 3 atom stereocenters. The minimum atomic E-state index is -1.39. The van der Waals surface area contributed by atoms with Gasteiger partial charge in [0.25, 0.3) is 0 Å². The van der Waals surface area contributed by atoms with Crippen molar-refractivity contribution in [1.82, 2.24) is 19.9 Å². The van der Waals surface area contributed by atoms with E-state index >= 15 is 0 Å². The highest BCUT2D eigenvalue weighted by atomic mass is 32.2. The van der Waals surface area contributed by atoms with Gasteiger partial charge in [0.05, 0.1) is 24.0 Å². The van der Waals surface area contributed by atoms with E-state index in [0.717, 1.165) is 30.5 Å². The minimum Gasteiger partial charge on any atom is -0.462 e. The SMILES string of the molecule is C=O.C=O.CCOC(=O)c1cnc(N2CC3CC3C2)nc1NCc1ccc(C)c(F)c1.CCOC(=O)c1cnc(S(C)=O)nc1NCc1ccc(C)c(F)c1. The van der Waals surface area contributed by atoms with Crippen LogP contribution in [0.25, 0.3) is 0 Å². The zero-order chi connectivity index (χ0) is 40.7. The molecule has 0 amide bonds. The Hall–Kier alpha value is -5.71. The molecule has 6 rings (SSSR count). The molecular formula is C38H45F2N7O7S. The number of carbonyl (C=O) groups excluding carboxylic acids is 4. The standard InChI is InChI=1S/C20H23FN4O2.C16H18FN3O3S.2CH2O/c1-3-27-19(26)16-9-23-20(25-10-14-7-15(14)11-25)24-18(16)22-8-13-5-4-12(2)17(21)6-13;1-4-23-15(21)12-9-19-16(24(3)22)20-14(12)18-8-11-6-5-10(2)13(17)7-11;2*1-2/h4-6,9,14-15H,3,7-8,10-11H2,1-2H3,(H,22,23,24);5-7,9H,4,8H2,1-3H3,(H,18,19,20);2*1H2. The maximum absolute atomic E-state index is 13.8. The van der Waals surface area contributed by atoms with Crippen molar-refractivity contribution in [2.45, 2.75) is 52.4 Å². The van der Waals surface area contributed by atoms with Crippen molar-refractivity contribution in [3.05, 3.63) is 93.8 Å². The zero-order valence-electron chi connectivity index (χ0n) is 31.4. The van der Waals surface area contributed by atoms with Gasteiger partial charge in [-0.1, -0.05) is 24.3 Å². The third-order valence-corrected chi connectivity index (χ3v) is 9.16. The number of rotatable bonds is 12. The lowest BCUT2D eigenvalue weighted by Gasteiger charge is -2.19. The molecule has 55 heavy (non-hydrogen) atoms. The fraction of sp³-hybridized carbons (Fsp3) is 0.368. The van der Waals surface area contributed by atoms with E-state index < -0.39 is 22.7 Å². The van der Waals surface area contributed by atoms with Gasteiger partial charge in [-0.05, 0) is 80.3 Å². The van der Waals surface area contributed by atoms with E-state index in [0.29, 0.717) is 35.0 Å². The van der Waals surface area contributed by atoms with Crippen LogP contribution in [0.5, 0.6) is 0 Å². The number of aromatic nitrogens is 4. The highest BCUT2D eigenvalue weighted by molar-refractivity contribution is 7.84. The molecule has 2 aliphatic rings. The van der Waals surface area contributed by atoms with Crippen LogP contribution in [-0.2, 0) is 43.0 Å². The monoisotopic (exact) mass is 781 g/mol. The molecule has 2 fully saturated rings. The summed E-state index contributed by atoms with van der Waals surface area (Å²) in [4.78, 5) is 59.4. The van der Waals surface area contributed by atoms with Crippen LogP contribution in [0.4, 0.5) is 26.4 Å². The van der Waals surface area contributed by atoms with Crippen LogP contribution in [-0.4, -0.2) is 82.2 Å². The summed E-state index contributed by atoms with van der Waals surface area (Å²) in [5, 5.41) is 6.21. The lowest BCUT2D eigenvalue weighted by molar-refractivity contribution is -0.0987. The molecule has 2 aromatic carbocycles. The largest absolute Gasteiger partial charge is 0.462 e. The predicted molar refractivity (Wildman–Crippen MR) is 203 cm³/mol. The van der Waals surface area contributed by atoms with Crippen molar-refractivity contribution in [1.29, 1.82) is 0 Å². The van der Waals surface area contributed by atoms with Crippen LogP contribution in [0.15, 0.2) is 53.9 Å². The van der Waals surface area contributed by atoms with Crippen molar-refractivity contribution >= 4 is 53.9 Å². The summed E-state index contributed by atoms with van der Waals surface area (Å²) in [6.45, 7) is 13.9. The first-order valence-corrected chi connectivity index (χ1v) is 18.7. The number of benzene rings is 2. The fourth-order valence-corrected chi connectivity index (χ4v) is 5.86. The molecule has 0 bridgehead atoms. The summed E-state index contributed by atoms with van der Waals surface area (Å²) in [6, 6.07) is 9.93. The first-order chi connectivity index (χ1) is 26.5. The highest BCUT2D eigenvalue weighted by Crippen LogP contribution is 2.45. The van der Waals surface area contributed by atoms with Crippen molar-refractivity contribution < 1.29 is 41.6 Å². The molecule has 17 heteroatoms. The number of aryl methyl sites for hydroxylation is 2. The first-order valence-electron chi connectivity index (χ1n) is 17.2. The Morgan fingerprint density at radius 1 is 0.800 bits per heavy atom. The van der Waals surface area contributed by atoms with Gasteiger partial charge in [0.2, 0.25) is 11.1 Å². The number of carbonyl (C=O) groups is 4. The maximum atomic E-state index is 13.8. The van der Waals surface area contributed by atoms with Crippen LogP contribution in [0.3, 0.4) is 0 Å². The summed E-state index contributed by atoms with van der Waals surface area (Å²) < 4.78 is 49.0. The molecule has 1 saturated carbocycles. The second-order valence-electron chi connectivity index (χ2n) is 12.3. The topological polar surface area (TPSA) is 183 Å². The number of halogens is 2. The average Bonchev–Trinajstić information content (AvgIpc) is 3.81. The Labute approximate surface area is 320 Å². The van der Waals surface area contributed by atoms with Gasteiger partial charge in [-0.2, -0.15) is 4.98 Å². The number of esters is 2. The molecule has 0 radical (unpaired) electrons. The van der Waals surface area contributed by atoms with Crippen LogP contribution in [0, 0.1) is 37.3 Å². The van der Waals surface area contributed by atoms with Gasteiger partial charge in [0.15, 0.2) is 0 Å². The van der Waals surface area contributed by atoms with Gasteiger partial charge in [-0.25, -0.2) is 33.3 Å². The van der Waals surface area contributed by atoms with Gasteiger partial charge < -0.3 is 34.6 Å². The summed E-state index contributed by atoms with van der Waals surface area (Å²) >= 11 is 0. The highest BCUT2D eigenvalue weighted by Gasteiger charge is 2.46. The number of hydrogen-bond donors (Lipinski definition) is 2. The Morgan fingerprint density at radius 2 is 1.25 bits per heavy atom. The Morgan fingerprint density at radius 3 is 1.69 bits per heavy atom. The van der Waals surface area contributed by atoms with E-state index in [-0.39, 0.29) is 53.5 Å². The molecule has 2 N–H and O–H groups in total. The number of fused-ring (bicyclic) bond motifs is 1. The number of hydrogen-bond acceptors (Lipinski definition) is 14. The first kappa shape index (κ1) is 43.7. The molecule has 1 aliphatic carbocycles. The van der Waals surface area contributed by atoms with Crippen molar-refractivity contribution in [3.63, 3.8) is 0 Å². The molecule has 2 aromatic heterocycles. The maximum Gasteiger partial charge on any atom is 0.343 e. The number of anilines is 3. The fourth-order valence-electron chi connectivity index (χ4n) is 5.44. The van der Waals surface area contributed by atoms with E-state index in [1.165, 1.54) is 37.2 Å². The molecule has 1 aliphatic heterocycles. The third-order valence-electron chi connectivity index (χ3n) is 8.44. The van der Waals surface area contributed by atoms with E-state index in [1.807, 2.05) is 19.6 Å². The molecule has 3 heterocycles. The summed E-state index contributed by atoms with van der Waals surface area (Å²) in [5.74, 6) is 1.14. The lowest BCUT2D eigenvalue weighted by atomic mass is 10.1. The van der Waals surface area contributed by atoms with E-state index in [1.54, 1.807) is 45.9 Å². The zero-order valence-corrected chi connectivity index (χ0v) is 32.2. The second-order valence-corrected chi connectivity index (χ2v) is 13.6. The van der Waals surface area contributed by atoms with E-state index in [4.69, 9.17) is 19.1 Å². The van der Waals surface area contributed by atoms with Crippen LogP contribution in [0.2, 0.25) is 0 Å². The van der Waals surface area contributed by atoms with Gasteiger partial charge in [-0.3, -0.25) is 4.21 Å². The molecule has 1 saturated heterocycles. The van der Waals surface area contributed by atoms with Gasteiger partial charge in [-0.15, -0.1) is 0 Å². The molecule has 294 valence electrons. The van der Waals surface area contributed by atoms with Gasteiger partial charge in [0, 0.05) is 44.8 Å². The molecular weight excluding hydrogens is 737 g/mol.